The fourth-order valence-electron chi connectivity index (χ4n) is 2.82. The molecule has 0 radical (unpaired) electrons. The third kappa shape index (κ3) is 2.97. The first-order valence-corrected chi connectivity index (χ1v) is 9.10. The summed E-state index contributed by atoms with van der Waals surface area (Å²) in [6, 6.07) is 11.0. The second-order valence-electron chi connectivity index (χ2n) is 5.88. The zero-order chi connectivity index (χ0) is 17.5. The van der Waals surface area contributed by atoms with E-state index in [9.17, 15) is 8.42 Å². The van der Waals surface area contributed by atoms with Gasteiger partial charge >= 0.3 is 0 Å². The van der Waals surface area contributed by atoms with E-state index in [1.54, 1.807) is 32.9 Å². The Hall–Kier alpha value is -2.47. The summed E-state index contributed by atoms with van der Waals surface area (Å²) in [6.45, 7) is 7.32. The van der Waals surface area contributed by atoms with Crippen molar-refractivity contribution in [3.05, 3.63) is 59.2 Å². The minimum Gasteiger partial charge on any atom is -0.276 e. The predicted molar refractivity (Wildman–Crippen MR) is 95.7 cm³/mol. The van der Waals surface area contributed by atoms with E-state index in [0.717, 1.165) is 16.3 Å². The van der Waals surface area contributed by atoms with Gasteiger partial charge in [0, 0.05) is 0 Å². The summed E-state index contributed by atoms with van der Waals surface area (Å²) < 4.78 is 28.1. The first kappa shape index (κ1) is 16.4. The molecule has 0 amide bonds. The second-order valence-corrected chi connectivity index (χ2v) is 7.56. The number of aromatic nitrogens is 2. The van der Waals surface area contributed by atoms with Crippen molar-refractivity contribution in [1.82, 2.24) is 9.97 Å². The normalized spacial score (nSPS) is 11.7. The molecule has 0 aliphatic heterocycles. The largest absolute Gasteiger partial charge is 0.276 e. The van der Waals surface area contributed by atoms with Crippen molar-refractivity contribution in [1.29, 1.82) is 0 Å². The molecule has 24 heavy (non-hydrogen) atoms. The predicted octanol–water partition coefficient (Wildman–Crippen LogP) is 3.66. The van der Waals surface area contributed by atoms with Crippen LogP contribution in [-0.4, -0.2) is 18.4 Å². The Morgan fingerprint density at radius 3 is 2.25 bits per heavy atom. The minimum atomic E-state index is -3.71. The molecule has 3 rings (SSSR count). The van der Waals surface area contributed by atoms with E-state index in [0.29, 0.717) is 22.9 Å². The summed E-state index contributed by atoms with van der Waals surface area (Å²) in [5.74, 6) is 0.620. The van der Waals surface area contributed by atoms with Crippen LogP contribution in [0, 0.1) is 27.7 Å². The van der Waals surface area contributed by atoms with E-state index >= 15 is 0 Å². The molecule has 1 heterocycles. The molecule has 1 aromatic heterocycles. The Kier molecular flexibility index (Phi) is 4.01. The Bertz CT molecular complexity index is 1020. The van der Waals surface area contributed by atoms with Crippen molar-refractivity contribution in [2.75, 3.05) is 4.72 Å². The Labute approximate surface area is 141 Å². The number of fused-ring (bicyclic) bond motifs is 1. The van der Waals surface area contributed by atoms with Gasteiger partial charge in [0.05, 0.1) is 22.0 Å². The molecule has 6 heteroatoms. The van der Waals surface area contributed by atoms with Gasteiger partial charge in [-0.05, 0) is 56.2 Å². The van der Waals surface area contributed by atoms with Crippen LogP contribution in [0.2, 0.25) is 0 Å². The Morgan fingerprint density at radius 1 is 0.917 bits per heavy atom. The number of hydrogen-bond acceptors (Lipinski definition) is 4. The Balaban J connectivity index is 2.06. The maximum atomic E-state index is 12.8. The van der Waals surface area contributed by atoms with Gasteiger partial charge in [-0.3, -0.25) is 4.72 Å². The lowest BCUT2D eigenvalue weighted by Gasteiger charge is -2.13. The van der Waals surface area contributed by atoms with Gasteiger partial charge < -0.3 is 0 Å². The van der Waals surface area contributed by atoms with Crippen molar-refractivity contribution in [3.63, 3.8) is 0 Å². The highest BCUT2D eigenvalue weighted by atomic mass is 32.2. The highest BCUT2D eigenvalue weighted by Gasteiger charge is 2.18. The number of rotatable bonds is 3. The first-order valence-electron chi connectivity index (χ1n) is 7.62. The molecule has 0 unspecified atom stereocenters. The number of anilines is 1. The van der Waals surface area contributed by atoms with Crippen LogP contribution in [0.4, 0.5) is 5.69 Å². The summed E-state index contributed by atoms with van der Waals surface area (Å²) in [5, 5.41) is 1.94. The van der Waals surface area contributed by atoms with Crippen LogP contribution in [0.1, 0.15) is 22.8 Å². The lowest BCUT2D eigenvalue weighted by atomic mass is 10.1. The molecular formula is C18H19N3O2S. The van der Waals surface area contributed by atoms with E-state index in [-0.39, 0.29) is 4.90 Å². The van der Waals surface area contributed by atoms with E-state index in [4.69, 9.17) is 0 Å². The van der Waals surface area contributed by atoms with E-state index in [2.05, 4.69) is 14.7 Å². The molecule has 1 N–H and O–H groups in total. The molecule has 0 fully saturated rings. The third-order valence-corrected chi connectivity index (χ3v) is 5.35. The molecule has 0 saturated heterocycles. The van der Waals surface area contributed by atoms with Crippen LogP contribution in [0.5, 0.6) is 0 Å². The Morgan fingerprint density at radius 2 is 1.58 bits per heavy atom. The highest BCUT2D eigenvalue weighted by molar-refractivity contribution is 7.92. The van der Waals surface area contributed by atoms with Crippen LogP contribution in [0.15, 0.2) is 41.3 Å². The summed E-state index contributed by atoms with van der Waals surface area (Å²) in [6.07, 6.45) is 0. The summed E-state index contributed by atoms with van der Waals surface area (Å²) in [4.78, 5) is 8.69. The zero-order valence-electron chi connectivity index (χ0n) is 14.1. The van der Waals surface area contributed by atoms with Gasteiger partial charge in [-0.2, -0.15) is 0 Å². The fraction of sp³-hybridized carbons (Fsp3) is 0.222. The molecule has 0 atom stereocenters. The average Bonchev–Trinajstić information content (AvgIpc) is 2.51. The van der Waals surface area contributed by atoms with E-state index in [1.165, 1.54) is 0 Å². The number of nitrogens with one attached hydrogen (secondary N) is 1. The third-order valence-electron chi connectivity index (χ3n) is 4.00. The van der Waals surface area contributed by atoms with Gasteiger partial charge in [0.2, 0.25) is 0 Å². The van der Waals surface area contributed by atoms with Gasteiger partial charge in [0.1, 0.15) is 5.82 Å². The SMILES string of the molecule is Cc1nc(C)c(NS(=O)(=O)c2ccc3c(C)cccc3c2)c(C)n1. The number of aryl methyl sites for hydroxylation is 4. The topological polar surface area (TPSA) is 72.0 Å². The monoisotopic (exact) mass is 341 g/mol. The van der Waals surface area contributed by atoms with Gasteiger partial charge in [0.15, 0.2) is 0 Å². The van der Waals surface area contributed by atoms with Crippen molar-refractivity contribution in [2.45, 2.75) is 32.6 Å². The number of sulfonamides is 1. The van der Waals surface area contributed by atoms with Gasteiger partial charge in [0.25, 0.3) is 10.0 Å². The molecule has 0 aliphatic carbocycles. The second kappa shape index (κ2) is 5.87. The van der Waals surface area contributed by atoms with Crippen molar-refractivity contribution < 1.29 is 8.42 Å². The van der Waals surface area contributed by atoms with Gasteiger partial charge in [-0.15, -0.1) is 0 Å². The molecule has 3 aromatic rings. The van der Waals surface area contributed by atoms with Gasteiger partial charge in [-0.1, -0.05) is 24.3 Å². The summed E-state index contributed by atoms with van der Waals surface area (Å²) >= 11 is 0. The first-order chi connectivity index (χ1) is 11.3. The maximum Gasteiger partial charge on any atom is 0.262 e. The van der Waals surface area contributed by atoms with E-state index < -0.39 is 10.0 Å². The van der Waals surface area contributed by atoms with Crippen LogP contribution in [-0.2, 0) is 10.0 Å². The van der Waals surface area contributed by atoms with Crippen LogP contribution < -0.4 is 4.72 Å². The zero-order valence-corrected chi connectivity index (χ0v) is 14.9. The highest BCUT2D eigenvalue weighted by Crippen LogP contribution is 2.25. The lowest BCUT2D eigenvalue weighted by molar-refractivity contribution is 0.601. The standard InChI is InChI=1S/C18H19N3O2S/c1-11-6-5-7-15-10-16(8-9-17(11)15)24(22,23)21-18-12(2)19-14(4)20-13(18)3/h5-10,21H,1-4H3. The molecule has 124 valence electrons. The molecular weight excluding hydrogens is 322 g/mol. The molecule has 0 aliphatic rings. The van der Waals surface area contributed by atoms with Crippen LogP contribution in [0.3, 0.4) is 0 Å². The smallest absolute Gasteiger partial charge is 0.262 e. The number of benzene rings is 2. The number of nitrogens with zero attached hydrogens (tertiary/aromatic N) is 2. The summed E-state index contributed by atoms with van der Waals surface area (Å²) in [5.41, 5.74) is 2.77. The molecule has 0 spiro atoms. The molecule has 0 saturated carbocycles. The van der Waals surface area contributed by atoms with Crippen LogP contribution >= 0.6 is 0 Å². The van der Waals surface area contributed by atoms with E-state index in [1.807, 2.05) is 31.2 Å². The molecule has 0 bridgehead atoms. The fourth-order valence-corrected chi connectivity index (χ4v) is 4.03. The quantitative estimate of drug-likeness (QED) is 0.789. The van der Waals surface area contributed by atoms with Gasteiger partial charge in [-0.25, -0.2) is 18.4 Å². The molecule has 5 nitrogen and oxygen atoms in total. The van der Waals surface area contributed by atoms with Crippen molar-refractivity contribution in [2.24, 2.45) is 0 Å². The maximum absolute atomic E-state index is 12.8. The lowest BCUT2D eigenvalue weighted by Crippen LogP contribution is -2.16. The summed E-state index contributed by atoms with van der Waals surface area (Å²) in [7, 11) is -3.71. The minimum absolute atomic E-state index is 0.222. The average molecular weight is 341 g/mol. The molecule has 2 aromatic carbocycles. The van der Waals surface area contributed by atoms with Crippen LogP contribution in [0.25, 0.3) is 10.8 Å². The van der Waals surface area contributed by atoms with Crippen molar-refractivity contribution in [3.8, 4) is 0 Å². The number of hydrogen-bond donors (Lipinski definition) is 1. The van der Waals surface area contributed by atoms with Crippen molar-refractivity contribution >= 4 is 26.5 Å².